The Bertz CT molecular complexity index is 878. The van der Waals surface area contributed by atoms with Gasteiger partial charge in [-0.1, -0.05) is 28.4 Å². The Morgan fingerprint density at radius 3 is 2.82 bits per heavy atom. The van der Waals surface area contributed by atoms with Gasteiger partial charge in [0.15, 0.2) is 5.84 Å². The number of H-pyrrole nitrogens is 1. The van der Waals surface area contributed by atoms with Crippen molar-refractivity contribution in [1.82, 2.24) is 9.97 Å². The van der Waals surface area contributed by atoms with Gasteiger partial charge in [-0.05, 0) is 30.3 Å². The van der Waals surface area contributed by atoms with E-state index in [1.165, 1.54) is 24.5 Å². The van der Waals surface area contributed by atoms with Crippen LogP contribution in [-0.2, 0) is 0 Å². The minimum atomic E-state index is -0.535. The first-order chi connectivity index (χ1) is 10.6. The number of nitrogens with one attached hydrogen (secondary N) is 2. The normalized spacial score (nSPS) is 11.9. The number of benzene rings is 2. The van der Waals surface area contributed by atoms with Crippen LogP contribution in [0.4, 0.5) is 10.1 Å². The monoisotopic (exact) mass is 338 g/mol. The zero-order chi connectivity index (χ0) is 15.7. The first-order valence-electron chi connectivity index (χ1n) is 6.15. The van der Waals surface area contributed by atoms with E-state index in [9.17, 15) is 9.60 Å². The molecule has 0 saturated carbocycles. The van der Waals surface area contributed by atoms with Crippen molar-refractivity contribution in [2.75, 3.05) is 5.32 Å². The fourth-order valence-electron chi connectivity index (χ4n) is 2.05. The molecule has 0 aliphatic rings. The number of amidine groups is 1. The molecule has 0 aliphatic heterocycles. The number of rotatable bonds is 2. The summed E-state index contributed by atoms with van der Waals surface area (Å²) in [6, 6.07) is 7.38. The summed E-state index contributed by atoms with van der Waals surface area (Å²) in [6.45, 7) is 0. The molecule has 0 bridgehead atoms. The van der Waals surface area contributed by atoms with Crippen LogP contribution in [0.1, 0.15) is 5.56 Å². The lowest BCUT2D eigenvalue weighted by Gasteiger charge is -2.10. The Hall–Kier alpha value is -2.31. The third kappa shape index (κ3) is 2.70. The predicted molar refractivity (Wildman–Crippen MR) is 84.5 cm³/mol. The van der Waals surface area contributed by atoms with Crippen molar-refractivity contribution in [2.24, 2.45) is 5.16 Å². The average molecular weight is 339 g/mol. The molecular formula is C14H9Cl2FN4O. The molecule has 0 atom stereocenters. The van der Waals surface area contributed by atoms with Gasteiger partial charge in [0.05, 0.1) is 22.4 Å². The number of hydrogen-bond acceptors (Lipinski definition) is 3. The topological polar surface area (TPSA) is 73.3 Å². The Balaban J connectivity index is 2.03. The Labute approximate surface area is 134 Å². The molecule has 22 heavy (non-hydrogen) atoms. The van der Waals surface area contributed by atoms with E-state index >= 15 is 0 Å². The van der Waals surface area contributed by atoms with E-state index in [2.05, 4.69) is 20.4 Å². The summed E-state index contributed by atoms with van der Waals surface area (Å²) >= 11 is 11.8. The van der Waals surface area contributed by atoms with Crippen LogP contribution >= 0.6 is 23.2 Å². The molecule has 0 radical (unpaired) electrons. The van der Waals surface area contributed by atoms with Crippen LogP contribution in [0.3, 0.4) is 0 Å². The van der Waals surface area contributed by atoms with Gasteiger partial charge < -0.3 is 15.5 Å². The van der Waals surface area contributed by atoms with Crippen molar-refractivity contribution in [3.8, 4) is 0 Å². The van der Waals surface area contributed by atoms with Gasteiger partial charge in [-0.25, -0.2) is 9.37 Å². The molecule has 3 rings (SSSR count). The summed E-state index contributed by atoms with van der Waals surface area (Å²) in [7, 11) is 0. The molecule has 2 aromatic carbocycles. The van der Waals surface area contributed by atoms with E-state index in [1.807, 2.05) is 0 Å². The summed E-state index contributed by atoms with van der Waals surface area (Å²) < 4.78 is 13.2. The highest BCUT2D eigenvalue weighted by atomic mass is 35.5. The Morgan fingerprint density at radius 2 is 2.09 bits per heavy atom. The lowest BCUT2D eigenvalue weighted by molar-refractivity contribution is 0.319. The standard InChI is InChI=1S/C14H9Cl2FN4O/c15-7-3-9(13-12(4-7)18-6-19-13)14(21-22)20-8-1-2-11(17)10(16)5-8/h1-6,22H,(H,18,19)(H,20,21). The Morgan fingerprint density at radius 1 is 1.27 bits per heavy atom. The van der Waals surface area contributed by atoms with Crippen LogP contribution in [0, 0.1) is 5.82 Å². The molecule has 0 saturated heterocycles. The van der Waals surface area contributed by atoms with Gasteiger partial charge in [-0.2, -0.15) is 0 Å². The summed E-state index contributed by atoms with van der Waals surface area (Å²) in [5, 5.41) is 15.8. The van der Waals surface area contributed by atoms with Gasteiger partial charge in [0, 0.05) is 16.3 Å². The first kappa shape index (κ1) is 14.6. The van der Waals surface area contributed by atoms with E-state index in [4.69, 9.17) is 23.2 Å². The van der Waals surface area contributed by atoms with Crippen molar-refractivity contribution in [2.45, 2.75) is 0 Å². The van der Waals surface area contributed by atoms with Crippen LogP contribution in [0.2, 0.25) is 10.0 Å². The smallest absolute Gasteiger partial charge is 0.179 e. The fourth-order valence-corrected chi connectivity index (χ4v) is 2.45. The minimum absolute atomic E-state index is 0.0432. The van der Waals surface area contributed by atoms with Crippen LogP contribution in [-0.4, -0.2) is 21.0 Å². The number of hydrogen-bond donors (Lipinski definition) is 3. The van der Waals surface area contributed by atoms with Crippen LogP contribution in [0.5, 0.6) is 0 Å². The highest BCUT2D eigenvalue weighted by Gasteiger charge is 2.13. The fraction of sp³-hybridized carbons (Fsp3) is 0. The van der Waals surface area contributed by atoms with E-state index in [0.29, 0.717) is 27.3 Å². The molecule has 0 unspecified atom stereocenters. The first-order valence-corrected chi connectivity index (χ1v) is 6.91. The third-order valence-electron chi connectivity index (χ3n) is 3.03. The number of anilines is 1. The molecular weight excluding hydrogens is 330 g/mol. The second-order valence-electron chi connectivity index (χ2n) is 4.45. The zero-order valence-corrected chi connectivity index (χ0v) is 12.5. The van der Waals surface area contributed by atoms with Gasteiger partial charge in [-0.15, -0.1) is 0 Å². The lowest BCUT2D eigenvalue weighted by atomic mass is 10.1. The van der Waals surface area contributed by atoms with Crippen molar-refractivity contribution < 1.29 is 9.60 Å². The zero-order valence-electron chi connectivity index (χ0n) is 10.9. The molecule has 5 nitrogen and oxygen atoms in total. The Kier molecular flexibility index (Phi) is 3.87. The maximum atomic E-state index is 13.2. The molecule has 0 spiro atoms. The second-order valence-corrected chi connectivity index (χ2v) is 5.30. The maximum Gasteiger partial charge on any atom is 0.179 e. The third-order valence-corrected chi connectivity index (χ3v) is 3.53. The highest BCUT2D eigenvalue weighted by molar-refractivity contribution is 6.32. The summed E-state index contributed by atoms with van der Waals surface area (Å²) in [5.74, 6) is -0.422. The van der Waals surface area contributed by atoms with E-state index < -0.39 is 5.82 Å². The molecule has 0 aliphatic carbocycles. The molecule has 0 fully saturated rings. The van der Waals surface area contributed by atoms with E-state index in [0.717, 1.165) is 0 Å². The van der Waals surface area contributed by atoms with Gasteiger partial charge >= 0.3 is 0 Å². The summed E-state index contributed by atoms with van der Waals surface area (Å²) in [6.07, 6.45) is 1.51. The van der Waals surface area contributed by atoms with Crippen LogP contribution in [0.25, 0.3) is 11.0 Å². The van der Waals surface area contributed by atoms with Crippen LogP contribution in [0.15, 0.2) is 41.8 Å². The second kappa shape index (κ2) is 5.82. The van der Waals surface area contributed by atoms with Crippen molar-refractivity contribution in [1.29, 1.82) is 0 Å². The lowest BCUT2D eigenvalue weighted by Crippen LogP contribution is -2.14. The number of oxime groups is 1. The van der Waals surface area contributed by atoms with Gasteiger partial charge in [-0.3, -0.25) is 0 Å². The largest absolute Gasteiger partial charge is 0.409 e. The highest BCUT2D eigenvalue weighted by Crippen LogP contribution is 2.24. The SMILES string of the molecule is O/N=C(/Nc1ccc(F)c(Cl)c1)c1cc(Cl)cc2[nH]cnc12. The number of halogens is 3. The van der Waals surface area contributed by atoms with Gasteiger partial charge in [0.2, 0.25) is 0 Å². The molecule has 3 N–H and O–H groups in total. The number of nitrogens with zero attached hydrogens (tertiary/aromatic N) is 2. The van der Waals surface area contributed by atoms with Gasteiger partial charge in [0.1, 0.15) is 5.82 Å². The van der Waals surface area contributed by atoms with Crippen molar-refractivity contribution >= 4 is 45.8 Å². The molecule has 112 valence electrons. The van der Waals surface area contributed by atoms with Gasteiger partial charge in [0.25, 0.3) is 0 Å². The molecule has 1 aromatic heterocycles. The van der Waals surface area contributed by atoms with Crippen molar-refractivity contribution in [3.05, 3.63) is 58.1 Å². The molecule has 0 amide bonds. The summed E-state index contributed by atoms with van der Waals surface area (Å²) in [4.78, 5) is 7.10. The maximum absolute atomic E-state index is 13.2. The molecule has 3 aromatic rings. The number of aromatic nitrogens is 2. The molecule has 8 heteroatoms. The number of fused-ring (bicyclic) bond motifs is 1. The predicted octanol–water partition coefficient (Wildman–Crippen LogP) is 4.26. The summed E-state index contributed by atoms with van der Waals surface area (Å²) in [5.41, 5.74) is 2.23. The quantitative estimate of drug-likeness (QED) is 0.283. The van der Waals surface area contributed by atoms with Crippen LogP contribution < -0.4 is 5.32 Å². The average Bonchev–Trinajstić information content (AvgIpc) is 2.95. The number of aromatic amines is 1. The minimum Gasteiger partial charge on any atom is -0.409 e. The van der Waals surface area contributed by atoms with E-state index in [1.54, 1.807) is 12.1 Å². The van der Waals surface area contributed by atoms with Crippen molar-refractivity contribution in [3.63, 3.8) is 0 Å². The molecule has 1 heterocycles. The number of imidazole rings is 1. The van der Waals surface area contributed by atoms with E-state index in [-0.39, 0.29) is 10.9 Å².